The number of benzene rings is 1. The molecule has 2 aromatic heterocycles. The lowest BCUT2D eigenvalue weighted by Gasteiger charge is -2.35. The van der Waals surface area contributed by atoms with Crippen LogP contribution in [0.25, 0.3) is 10.9 Å². The highest BCUT2D eigenvalue weighted by atomic mass is 79.9. The number of anilines is 1. The highest BCUT2D eigenvalue weighted by molar-refractivity contribution is 9.10. The summed E-state index contributed by atoms with van der Waals surface area (Å²) in [6.07, 6.45) is 6.91. The summed E-state index contributed by atoms with van der Waals surface area (Å²) in [4.78, 5) is 34.1. The maximum absolute atomic E-state index is 14.4. The Kier molecular flexibility index (Phi) is 7.59. The van der Waals surface area contributed by atoms with E-state index in [2.05, 4.69) is 43.5 Å². The van der Waals surface area contributed by atoms with E-state index < -0.39 is 23.4 Å². The van der Waals surface area contributed by atoms with Crippen LogP contribution in [0.2, 0.25) is 0 Å². The number of carbonyl (C=O) groups is 2. The zero-order valence-corrected chi connectivity index (χ0v) is 22.4. The van der Waals surface area contributed by atoms with E-state index in [1.54, 1.807) is 18.5 Å². The summed E-state index contributed by atoms with van der Waals surface area (Å²) in [5.74, 6) is -0.372. The van der Waals surface area contributed by atoms with Crippen molar-refractivity contribution in [2.45, 2.75) is 64.5 Å². The van der Waals surface area contributed by atoms with Crippen molar-refractivity contribution in [3.8, 4) is 0 Å². The molecule has 1 saturated carbocycles. The molecule has 0 bridgehead atoms. The minimum absolute atomic E-state index is 0.0472. The van der Waals surface area contributed by atoms with E-state index in [9.17, 15) is 14.0 Å². The van der Waals surface area contributed by atoms with Crippen LogP contribution < -0.4 is 10.6 Å². The summed E-state index contributed by atoms with van der Waals surface area (Å²) < 4.78 is 20.4. The highest BCUT2D eigenvalue weighted by Crippen LogP contribution is 2.39. The number of hydrogen-bond donors (Lipinski definition) is 2. The number of rotatable bonds is 4. The van der Waals surface area contributed by atoms with Crippen LogP contribution in [0.5, 0.6) is 0 Å². The minimum atomic E-state index is -0.568. The number of hydrogen-bond acceptors (Lipinski definition) is 5. The number of fused-ring (bicyclic) bond motifs is 1. The normalized spacial score (nSPS) is 20.1. The molecule has 1 aliphatic carbocycles. The Hall–Kier alpha value is -3.07. The molecule has 2 N–H and O–H groups in total. The monoisotopic (exact) mass is 556 g/mol. The largest absolute Gasteiger partial charge is 0.444 e. The van der Waals surface area contributed by atoms with Gasteiger partial charge in [-0.15, -0.1) is 0 Å². The smallest absolute Gasteiger partial charge is 0.407 e. The first-order chi connectivity index (χ1) is 17.0. The highest BCUT2D eigenvalue weighted by Gasteiger charge is 2.31. The fraction of sp³-hybridized carbons (Fsp3) is 0.407. The van der Waals surface area contributed by atoms with Gasteiger partial charge in [-0.1, -0.05) is 6.92 Å². The standard InChI is InChI=1S/C27H30BrFN4O3/c1-15-9-16(11-18(10-15)32-26(35)36-27(2,3)4)19-7-8-30-14-23(19)33-25(34)20-5-6-22(29)21-12-17(28)13-31-24(20)21/h5-8,12-16,18H,9-11H2,1-4H3,(H,32,35)(H,33,34)/t15-,16+,18-/m0/s1. The Balaban J connectivity index is 1.56. The van der Waals surface area contributed by atoms with E-state index in [-0.39, 0.29) is 28.4 Å². The van der Waals surface area contributed by atoms with Crippen LogP contribution in [0, 0.1) is 11.7 Å². The molecule has 190 valence electrons. The summed E-state index contributed by atoms with van der Waals surface area (Å²) in [6, 6.07) is 6.17. The van der Waals surface area contributed by atoms with Crippen LogP contribution >= 0.6 is 15.9 Å². The van der Waals surface area contributed by atoms with Crippen molar-refractivity contribution in [2.75, 3.05) is 5.32 Å². The molecule has 2 amide bonds. The van der Waals surface area contributed by atoms with Gasteiger partial charge in [0.05, 0.1) is 23.0 Å². The number of aromatic nitrogens is 2. The van der Waals surface area contributed by atoms with Gasteiger partial charge in [0.25, 0.3) is 5.91 Å². The number of carbonyl (C=O) groups excluding carboxylic acids is 2. The van der Waals surface area contributed by atoms with Crippen LogP contribution in [-0.2, 0) is 4.74 Å². The van der Waals surface area contributed by atoms with E-state index in [0.717, 1.165) is 18.4 Å². The van der Waals surface area contributed by atoms with Crippen molar-refractivity contribution in [1.29, 1.82) is 0 Å². The van der Waals surface area contributed by atoms with Gasteiger partial charge >= 0.3 is 6.09 Å². The molecular weight excluding hydrogens is 527 g/mol. The number of nitrogens with one attached hydrogen (secondary N) is 2. The molecule has 3 aromatic rings. The van der Waals surface area contributed by atoms with Gasteiger partial charge in [-0.2, -0.15) is 0 Å². The van der Waals surface area contributed by atoms with Gasteiger partial charge in [-0.25, -0.2) is 9.18 Å². The molecule has 1 fully saturated rings. The van der Waals surface area contributed by atoms with Crippen LogP contribution in [0.4, 0.5) is 14.9 Å². The van der Waals surface area contributed by atoms with Crippen molar-refractivity contribution >= 4 is 44.5 Å². The van der Waals surface area contributed by atoms with Gasteiger partial charge in [0.15, 0.2) is 0 Å². The predicted octanol–water partition coefficient (Wildman–Crippen LogP) is 6.58. The topological polar surface area (TPSA) is 93.2 Å². The second-order valence-corrected chi connectivity index (χ2v) is 11.3. The van der Waals surface area contributed by atoms with Crippen molar-refractivity contribution in [1.82, 2.24) is 15.3 Å². The molecule has 36 heavy (non-hydrogen) atoms. The first-order valence-corrected chi connectivity index (χ1v) is 12.8. The second kappa shape index (κ2) is 10.5. The number of alkyl carbamates (subject to hydrolysis) is 1. The van der Waals surface area contributed by atoms with Gasteiger partial charge in [-0.05, 0) is 97.6 Å². The van der Waals surface area contributed by atoms with Crippen molar-refractivity contribution in [3.63, 3.8) is 0 Å². The van der Waals surface area contributed by atoms with Gasteiger partial charge in [0.1, 0.15) is 11.4 Å². The maximum atomic E-state index is 14.4. The molecule has 0 unspecified atom stereocenters. The third-order valence-corrected chi connectivity index (χ3v) is 6.65. The van der Waals surface area contributed by atoms with Crippen molar-refractivity contribution in [3.05, 3.63) is 64.3 Å². The first-order valence-electron chi connectivity index (χ1n) is 12.0. The third-order valence-electron chi connectivity index (χ3n) is 6.21. The van der Waals surface area contributed by atoms with Crippen molar-refractivity contribution < 1.29 is 18.7 Å². The fourth-order valence-corrected chi connectivity index (χ4v) is 5.18. The van der Waals surface area contributed by atoms with Gasteiger partial charge in [0.2, 0.25) is 0 Å². The summed E-state index contributed by atoms with van der Waals surface area (Å²) >= 11 is 3.30. The summed E-state index contributed by atoms with van der Waals surface area (Å²) in [7, 11) is 0. The molecule has 0 radical (unpaired) electrons. The van der Waals surface area contributed by atoms with Gasteiger partial charge < -0.3 is 15.4 Å². The fourth-order valence-electron chi connectivity index (χ4n) is 4.85. The van der Waals surface area contributed by atoms with E-state index in [0.29, 0.717) is 22.5 Å². The van der Waals surface area contributed by atoms with Crippen molar-refractivity contribution in [2.24, 2.45) is 5.92 Å². The maximum Gasteiger partial charge on any atom is 0.407 e. The molecule has 0 saturated heterocycles. The predicted molar refractivity (Wildman–Crippen MR) is 141 cm³/mol. The summed E-state index contributed by atoms with van der Waals surface area (Å²) in [6.45, 7) is 7.67. The zero-order chi connectivity index (χ0) is 26.0. The van der Waals surface area contributed by atoms with E-state index in [1.807, 2.05) is 26.8 Å². The molecule has 0 spiro atoms. The number of halogens is 2. The van der Waals surface area contributed by atoms with E-state index in [4.69, 9.17) is 4.74 Å². The summed E-state index contributed by atoms with van der Waals surface area (Å²) in [5.41, 5.74) is 1.53. The quantitative estimate of drug-likeness (QED) is 0.378. The average Bonchev–Trinajstić information content (AvgIpc) is 2.78. The number of amides is 2. The van der Waals surface area contributed by atoms with Crippen LogP contribution in [0.1, 0.15) is 68.8 Å². The number of pyridine rings is 2. The Morgan fingerprint density at radius 3 is 2.67 bits per heavy atom. The number of ether oxygens (including phenoxy) is 1. The van der Waals surface area contributed by atoms with E-state index >= 15 is 0 Å². The molecule has 2 heterocycles. The van der Waals surface area contributed by atoms with E-state index in [1.165, 1.54) is 18.3 Å². The Morgan fingerprint density at radius 1 is 1.14 bits per heavy atom. The molecule has 0 aliphatic heterocycles. The molecule has 9 heteroatoms. The lowest BCUT2D eigenvalue weighted by molar-refractivity contribution is 0.0482. The number of nitrogens with zero attached hydrogens (tertiary/aromatic N) is 2. The molecular formula is C27H30BrFN4O3. The second-order valence-electron chi connectivity index (χ2n) is 10.4. The zero-order valence-electron chi connectivity index (χ0n) is 20.8. The average molecular weight is 557 g/mol. The van der Waals surface area contributed by atoms with Crippen LogP contribution in [0.15, 0.2) is 47.3 Å². The lowest BCUT2D eigenvalue weighted by Crippen LogP contribution is -2.42. The Labute approximate surface area is 218 Å². The third kappa shape index (κ3) is 6.19. The SMILES string of the molecule is C[C@@H]1C[C@H](NC(=O)OC(C)(C)C)C[C@H](c2ccncc2NC(=O)c2ccc(F)c3cc(Br)cnc23)C1. The molecule has 1 aromatic carbocycles. The minimum Gasteiger partial charge on any atom is -0.444 e. The molecule has 1 aliphatic rings. The molecule has 4 rings (SSSR count). The Morgan fingerprint density at radius 2 is 1.92 bits per heavy atom. The summed E-state index contributed by atoms with van der Waals surface area (Å²) in [5, 5.41) is 6.24. The molecule has 7 nitrogen and oxygen atoms in total. The Bertz CT molecular complexity index is 1290. The first kappa shape index (κ1) is 26.0. The van der Waals surface area contributed by atoms with Gasteiger partial charge in [0, 0.05) is 28.3 Å². The lowest BCUT2D eigenvalue weighted by atomic mass is 9.76. The van der Waals surface area contributed by atoms with Crippen LogP contribution in [0.3, 0.4) is 0 Å². The van der Waals surface area contributed by atoms with Crippen LogP contribution in [-0.4, -0.2) is 33.6 Å². The molecule has 3 atom stereocenters. The van der Waals surface area contributed by atoms with Gasteiger partial charge in [-0.3, -0.25) is 14.8 Å².